The fourth-order valence-corrected chi connectivity index (χ4v) is 1.72. The summed E-state index contributed by atoms with van der Waals surface area (Å²) < 4.78 is 15.2. The van der Waals surface area contributed by atoms with Crippen molar-refractivity contribution in [3.8, 4) is 5.69 Å². The van der Waals surface area contributed by atoms with E-state index in [1.54, 1.807) is 0 Å². The van der Waals surface area contributed by atoms with Crippen LogP contribution in [0.15, 0.2) is 21.4 Å². The molecule has 10 heteroatoms. The Morgan fingerprint density at radius 2 is 2.11 bits per heavy atom. The van der Waals surface area contributed by atoms with E-state index < -0.39 is 16.4 Å². The highest BCUT2D eigenvalue weighted by molar-refractivity contribution is 9.10. The Labute approximate surface area is 107 Å². The van der Waals surface area contributed by atoms with Crippen molar-refractivity contribution in [2.75, 3.05) is 0 Å². The predicted octanol–water partition coefficient (Wildman–Crippen LogP) is 0.776. The number of hydrogen-bond acceptors (Lipinski definition) is 5. The average Bonchev–Trinajstić information content (AvgIpc) is 2.63. The predicted molar refractivity (Wildman–Crippen MR) is 60.9 cm³/mol. The van der Waals surface area contributed by atoms with Gasteiger partial charge in [-0.15, -0.1) is 0 Å². The summed E-state index contributed by atoms with van der Waals surface area (Å²) in [6.07, 6.45) is 0. The van der Waals surface area contributed by atoms with Gasteiger partial charge in [0.05, 0.1) is 9.40 Å². The standard InChI is InChI=1S/C8H5BrFN5O3/c1-13-8(16)14(12-11-13)6-3-4(15(17)18)2-5(9)7(6)10/h2-3H,1H3. The second kappa shape index (κ2) is 4.29. The molecule has 0 aliphatic heterocycles. The van der Waals surface area contributed by atoms with Gasteiger partial charge >= 0.3 is 5.69 Å². The zero-order valence-electron chi connectivity index (χ0n) is 8.87. The van der Waals surface area contributed by atoms with Crippen LogP contribution in [0.5, 0.6) is 0 Å². The summed E-state index contributed by atoms with van der Waals surface area (Å²) in [5.41, 5.74) is -1.41. The molecule has 0 saturated heterocycles. The fraction of sp³-hybridized carbons (Fsp3) is 0.125. The number of halogens is 2. The van der Waals surface area contributed by atoms with Gasteiger partial charge in [0.2, 0.25) is 0 Å². The summed E-state index contributed by atoms with van der Waals surface area (Å²) in [6, 6.07) is 1.91. The van der Waals surface area contributed by atoms with Crippen LogP contribution in [0.3, 0.4) is 0 Å². The first-order chi connectivity index (χ1) is 8.41. The maximum absolute atomic E-state index is 13.8. The number of aryl methyl sites for hydroxylation is 1. The van der Waals surface area contributed by atoms with E-state index in [2.05, 4.69) is 26.4 Å². The lowest BCUT2D eigenvalue weighted by Gasteiger charge is -2.02. The maximum atomic E-state index is 13.8. The number of nitrogens with zero attached hydrogens (tertiary/aromatic N) is 5. The number of nitro groups is 1. The number of non-ortho nitro benzene ring substituents is 1. The molecular weight excluding hydrogens is 313 g/mol. The lowest BCUT2D eigenvalue weighted by molar-refractivity contribution is -0.385. The molecule has 0 radical (unpaired) electrons. The third kappa shape index (κ3) is 1.90. The van der Waals surface area contributed by atoms with Crippen LogP contribution in [-0.2, 0) is 7.05 Å². The van der Waals surface area contributed by atoms with Gasteiger partial charge in [-0.1, -0.05) is 0 Å². The first-order valence-electron chi connectivity index (χ1n) is 4.54. The summed E-state index contributed by atoms with van der Waals surface area (Å²) in [5, 5.41) is 17.5. The second-order valence-electron chi connectivity index (χ2n) is 3.31. The van der Waals surface area contributed by atoms with Crippen LogP contribution in [0.2, 0.25) is 0 Å². The molecule has 0 amide bonds. The molecule has 8 nitrogen and oxygen atoms in total. The Morgan fingerprint density at radius 1 is 1.44 bits per heavy atom. The van der Waals surface area contributed by atoms with Crippen LogP contribution in [0, 0.1) is 15.9 Å². The number of nitro benzene ring substituents is 1. The molecule has 0 saturated carbocycles. The van der Waals surface area contributed by atoms with E-state index >= 15 is 0 Å². The Morgan fingerprint density at radius 3 is 2.61 bits per heavy atom. The molecule has 0 N–H and O–H groups in total. The molecule has 0 unspecified atom stereocenters. The lowest BCUT2D eigenvalue weighted by Crippen LogP contribution is -2.22. The van der Waals surface area contributed by atoms with Crippen LogP contribution in [0.1, 0.15) is 0 Å². The quantitative estimate of drug-likeness (QED) is 0.602. The third-order valence-electron chi connectivity index (χ3n) is 2.15. The molecule has 0 aliphatic rings. The van der Waals surface area contributed by atoms with E-state index in [1.165, 1.54) is 7.05 Å². The zero-order chi connectivity index (χ0) is 13.4. The van der Waals surface area contributed by atoms with E-state index in [-0.39, 0.29) is 15.8 Å². The molecule has 2 aromatic rings. The van der Waals surface area contributed by atoms with Crippen molar-refractivity contribution in [1.82, 2.24) is 19.8 Å². The van der Waals surface area contributed by atoms with Gasteiger partial charge in [-0.25, -0.2) is 9.18 Å². The van der Waals surface area contributed by atoms with Gasteiger partial charge in [0, 0.05) is 19.2 Å². The molecule has 94 valence electrons. The molecule has 18 heavy (non-hydrogen) atoms. The van der Waals surface area contributed by atoms with Gasteiger partial charge in [-0.3, -0.25) is 10.1 Å². The number of benzene rings is 1. The first-order valence-corrected chi connectivity index (χ1v) is 5.34. The largest absolute Gasteiger partial charge is 0.368 e. The molecule has 2 rings (SSSR count). The Kier molecular flexibility index (Phi) is 2.95. The van der Waals surface area contributed by atoms with E-state index in [1.807, 2.05) is 0 Å². The molecule has 0 spiro atoms. The monoisotopic (exact) mass is 317 g/mol. The Hall–Kier alpha value is -2.10. The number of hydrogen-bond donors (Lipinski definition) is 0. The zero-order valence-corrected chi connectivity index (χ0v) is 10.5. The van der Waals surface area contributed by atoms with Crippen molar-refractivity contribution in [3.63, 3.8) is 0 Å². The van der Waals surface area contributed by atoms with Gasteiger partial charge in [-0.05, 0) is 26.4 Å². The van der Waals surface area contributed by atoms with Crippen molar-refractivity contribution >= 4 is 21.6 Å². The van der Waals surface area contributed by atoms with Crippen molar-refractivity contribution in [2.24, 2.45) is 7.05 Å². The normalized spacial score (nSPS) is 10.6. The van der Waals surface area contributed by atoms with Gasteiger partial charge in [0.1, 0.15) is 5.69 Å². The van der Waals surface area contributed by atoms with Crippen molar-refractivity contribution in [2.45, 2.75) is 0 Å². The minimum absolute atomic E-state index is 0.135. The number of aromatic nitrogens is 4. The molecular formula is C8H5BrFN5O3. The topological polar surface area (TPSA) is 95.8 Å². The number of rotatable bonds is 2. The average molecular weight is 318 g/mol. The van der Waals surface area contributed by atoms with Gasteiger partial charge < -0.3 is 0 Å². The molecule has 0 fully saturated rings. The summed E-state index contributed by atoms with van der Waals surface area (Å²) in [5.74, 6) is -0.830. The van der Waals surface area contributed by atoms with E-state index in [9.17, 15) is 19.3 Å². The summed E-state index contributed by atoms with van der Waals surface area (Å²) in [4.78, 5) is 21.5. The molecule has 1 aromatic carbocycles. The van der Waals surface area contributed by atoms with E-state index in [4.69, 9.17) is 0 Å². The van der Waals surface area contributed by atoms with Crippen molar-refractivity contribution < 1.29 is 9.31 Å². The minimum atomic E-state index is -0.830. The highest BCUT2D eigenvalue weighted by Crippen LogP contribution is 2.26. The highest BCUT2D eigenvalue weighted by Gasteiger charge is 2.19. The first kappa shape index (κ1) is 12.4. The molecule has 0 aliphatic carbocycles. The van der Waals surface area contributed by atoms with Crippen LogP contribution >= 0.6 is 15.9 Å². The molecule has 1 heterocycles. The van der Waals surface area contributed by atoms with Crippen LogP contribution in [0.4, 0.5) is 10.1 Å². The Bertz CT molecular complexity index is 695. The van der Waals surface area contributed by atoms with E-state index in [0.717, 1.165) is 16.8 Å². The highest BCUT2D eigenvalue weighted by atomic mass is 79.9. The lowest BCUT2D eigenvalue weighted by atomic mass is 10.2. The number of tetrazole rings is 1. The third-order valence-corrected chi connectivity index (χ3v) is 2.73. The minimum Gasteiger partial charge on any atom is -0.258 e. The van der Waals surface area contributed by atoms with Gasteiger partial charge in [0.15, 0.2) is 5.82 Å². The second-order valence-corrected chi connectivity index (χ2v) is 4.17. The summed E-state index contributed by atoms with van der Waals surface area (Å²) >= 11 is 2.84. The smallest absolute Gasteiger partial charge is 0.258 e. The molecule has 0 atom stereocenters. The van der Waals surface area contributed by atoms with E-state index in [0.29, 0.717) is 4.68 Å². The fourth-order valence-electron chi connectivity index (χ4n) is 1.28. The van der Waals surface area contributed by atoms with Crippen LogP contribution < -0.4 is 5.69 Å². The van der Waals surface area contributed by atoms with Crippen LogP contribution in [0.25, 0.3) is 5.69 Å². The summed E-state index contributed by atoms with van der Waals surface area (Å²) in [6.45, 7) is 0. The van der Waals surface area contributed by atoms with Crippen LogP contribution in [-0.4, -0.2) is 24.7 Å². The summed E-state index contributed by atoms with van der Waals surface area (Å²) in [7, 11) is 1.33. The molecule has 1 aromatic heterocycles. The Balaban J connectivity index is 2.74. The molecule has 0 bridgehead atoms. The van der Waals surface area contributed by atoms with Gasteiger partial charge in [0.25, 0.3) is 5.69 Å². The van der Waals surface area contributed by atoms with Crippen molar-refractivity contribution in [3.05, 3.63) is 43.0 Å². The SMILES string of the molecule is Cn1nnn(-c2cc([N+](=O)[O-])cc(Br)c2F)c1=O. The van der Waals surface area contributed by atoms with Gasteiger partial charge in [-0.2, -0.15) is 9.36 Å². The maximum Gasteiger partial charge on any atom is 0.368 e. The van der Waals surface area contributed by atoms with Crippen molar-refractivity contribution in [1.29, 1.82) is 0 Å².